The van der Waals surface area contributed by atoms with Crippen LogP contribution in [0.4, 0.5) is 5.00 Å². The Hall–Kier alpha value is -2.46. The monoisotopic (exact) mass is 422 g/mol. The second kappa shape index (κ2) is 8.91. The van der Waals surface area contributed by atoms with Gasteiger partial charge in [0.05, 0.1) is 10.4 Å². The lowest BCUT2D eigenvalue weighted by molar-refractivity contribution is -0.675. The molecule has 6 heteroatoms. The molecule has 1 aliphatic carbocycles. The molecule has 0 radical (unpaired) electrons. The molecule has 1 amide bonds. The number of nitrogens with zero attached hydrogens (tertiary/aromatic N) is 1. The highest BCUT2D eigenvalue weighted by Crippen LogP contribution is 2.39. The number of nitrogens with two attached hydrogens (primary N) is 1. The van der Waals surface area contributed by atoms with Gasteiger partial charge in [-0.25, -0.2) is 0 Å². The summed E-state index contributed by atoms with van der Waals surface area (Å²) in [4.78, 5) is 15.2. The lowest BCUT2D eigenvalue weighted by Gasteiger charge is -2.17. The average Bonchev–Trinajstić information content (AvgIpc) is 3.36. The zero-order valence-corrected chi connectivity index (χ0v) is 18.0. The minimum Gasteiger partial charge on any atom is -0.328 e. The Bertz CT molecular complexity index is 1020. The molecule has 4 nitrogen and oxygen atoms in total. The molecule has 0 bridgehead atoms. The van der Waals surface area contributed by atoms with E-state index in [9.17, 15) is 10.1 Å². The molecule has 29 heavy (non-hydrogen) atoms. The van der Waals surface area contributed by atoms with Gasteiger partial charge in [-0.05, 0) is 42.2 Å². The van der Waals surface area contributed by atoms with E-state index in [1.807, 2.05) is 24.3 Å². The molecule has 0 unspecified atom stereocenters. The number of amides is 1. The predicted molar refractivity (Wildman–Crippen MR) is 118 cm³/mol. The molecule has 2 heterocycles. The van der Waals surface area contributed by atoms with E-state index in [0.29, 0.717) is 18.0 Å². The van der Waals surface area contributed by atoms with Crippen LogP contribution in [0.2, 0.25) is 0 Å². The Balaban J connectivity index is 1.47. The molecule has 0 saturated heterocycles. The third kappa shape index (κ3) is 4.43. The molecule has 2 aromatic heterocycles. The highest BCUT2D eigenvalue weighted by atomic mass is 32.1. The van der Waals surface area contributed by atoms with Crippen LogP contribution in [0.5, 0.6) is 0 Å². The summed E-state index contributed by atoms with van der Waals surface area (Å²) < 4.78 is 0. The molecule has 2 atom stereocenters. The van der Waals surface area contributed by atoms with Gasteiger partial charge in [0.25, 0.3) is 5.91 Å². The van der Waals surface area contributed by atoms with Crippen molar-refractivity contribution in [3.05, 3.63) is 74.3 Å². The third-order valence-corrected chi connectivity index (χ3v) is 7.55. The lowest BCUT2D eigenvalue weighted by atomic mass is 9.89. The molecular formula is C23H24N3OS2+. The van der Waals surface area contributed by atoms with Crippen molar-refractivity contribution in [2.24, 2.45) is 5.92 Å². The standard InChI is InChI=1S/C23H23N3OS2/c1-15-9-10-17-18(13-24)23(29-20(17)12-15)26-21(27)14-25-22(19-8-5-11-28-19)16-6-3-2-4-7-16/h2-8,11,15,22,25H,9-10,12,14H2,1H3,(H,26,27)/p+1/t15-,22-/m1/s1. The number of carbonyl (C=O) groups excluding carboxylic acids is 1. The molecule has 0 spiro atoms. The topological polar surface area (TPSA) is 69.5 Å². The summed E-state index contributed by atoms with van der Waals surface area (Å²) in [6.45, 7) is 2.55. The van der Waals surface area contributed by atoms with Crippen LogP contribution < -0.4 is 10.6 Å². The second-order valence-electron chi connectivity index (χ2n) is 7.56. The number of hydrogen-bond donors (Lipinski definition) is 2. The van der Waals surface area contributed by atoms with E-state index in [-0.39, 0.29) is 11.9 Å². The van der Waals surface area contributed by atoms with Crippen LogP contribution in [-0.4, -0.2) is 12.5 Å². The number of nitriles is 1. The second-order valence-corrected chi connectivity index (χ2v) is 9.64. The van der Waals surface area contributed by atoms with Crippen molar-refractivity contribution >= 4 is 33.6 Å². The van der Waals surface area contributed by atoms with E-state index in [0.717, 1.165) is 29.8 Å². The van der Waals surface area contributed by atoms with Crippen molar-refractivity contribution in [3.8, 4) is 6.07 Å². The van der Waals surface area contributed by atoms with Crippen LogP contribution >= 0.6 is 22.7 Å². The predicted octanol–water partition coefficient (Wildman–Crippen LogP) is 4.10. The van der Waals surface area contributed by atoms with Crippen LogP contribution in [0.25, 0.3) is 0 Å². The first-order chi connectivity index (χ1) is 14.2. The lowest BCUT2D eigenvalue weighted by Crippen LogP contribution is -2.87. The zero-order chi connectivity index (χ0) is 20.2. The molecule has 0 saturated carbocycles. The summed E-state index contributed by atoms with van der Waals surface area (Å²) in [5.41, 5.74) is 3.00. The fraction of sp³-hybridized carbons (Fsp3) is 0.304. The summed E-state index contributed by atoms with van der Waals surface area (Å²) in [6, 6.07) is 16.8. The third-order valence-electron chi connectivity index (χ3n) is 5.42. The van der Waals surface area contributed by atoms with Crippen molar-refractivity contribution in [3.63, 3.8) is 0 Å². The first-order valence-electron chi connectivity index (χ1n) is 9.92. The fourth-order valence-electron chi connectivity index (χ4n) is 3.90. The maximum atomic E-state index is 12.7. The van der Waals surface area contributed by atoms with Gasteiger partial charge in [-0.3, -0.25) is 4.79 Å². The molecule has 4 rings (SSSR count). The average molecular weight is 423 g/mol. The van der Waals surface area contributed by atoms with Gasteiger partial charge < -0.3 is 10.6 Å². The van der Waals surface area contributed by atoms with Crippen molar-refractivity contribution in [2.75, 3.05) is 11.9 Å². The van der Waals surface area contributed by atoms with Gasteiger partial charge in [-0.1, -0.05) is 43.3 Å². The molecule has 1 aromatic carbocycles. The Morgan fingerprint density at radius 1 is 1.31 bits per heavy atom. The molecule has 0 fully saturated rings. The van der Waals surface area contributed by atoms with Crippen LogP contribution in [0, 0.1) is 17.2 Å². The molecule has 0 aliphatic heterocycles. The van der Waals surface area contributed by atoms with E-state index in [1.165, 1.54) is 15.3 Å². The van der Waals surface area contributed by atoms with E-state index in [2.05, 4.69) is 47.2 Å². The summed E-state index contributed by atoms with van der Waals surface area (Å²) in [6.07, 6.45) is 3.05. The highest BCUT2D eigenvalue weighted by molar-refractivity contribution is 7.16. The molecule has 148 valence electrons. The number of rotatable bonds is 6. The van der Waals surface area contributed by atoms with Gasteiger partial charge >= 0.3 is 0 Å². The van der Waals surface area contributed by atoms with E-state index < -0.39 is 0 Å². The first-order valence-corrected chi connectivity index (χ1v) is 11.6. The van der Waals surface area contributed by atoms with Gasteiger partial charge in [-0.2, -0.15) is 5.26 Å². The molecule has 1 aliphatic rings. The van der Waals surface area contributed by atoms with Gasteiger partial charge in [0.2, 0.25) is 0 Å². The summed E-state index contributed by atoms with van der Waals surface area (Å²) in [5.74, 6) is 0.577. The van der Waals surface area contributed by atoms with Crippen molar-refractivity contribution in [1.29, 1.82) is 5.26 Å². The number of quaternary nitrogens is 1. The largest absolute Gasteiger partial charge is 0.328 e. The van der Waals surface area contributed by atoms with E-state index >= 15 is 0 Å². The molecular weight excluding hydrogens is 398 g/mol. The number of nitrogens with one attached hydrogen (secondary N) is 1. The Labute approximate surface area is 179 Å². The maximum Gasteiger partial charge on any atom is 0.280 e. The van der Waals surface area contributed by atoms with Crippen LogP contribution in [0.3, 0.4) is 0 Å². The van der Waals surface area contributed by atoms with Gasteiger partial charge in [-0.15, -0.1) is 22.7 Å². The SMILES string of the molecule is C[C@@H]1CCc2c(sc(NC(=O)C[NH2+][C@H](c3ccccc3)c3cccs3)c2C#N)C1. The zero-order valence-electron chi connectivity index (χ0n) is 16.4. The highest BCUT2D eigenvalue weighted by Gasteiger charge is 2.25. The van der Waals surface area contributed by atoms with Crippen molar-refractivity contribution in [2.45, 2.75) is 32.2 Å². The van der Waals surface area contributed by atoms with Gasteiger partial charge in [0, 0.05) is 10.4 Å². The summed E-state index contributed by atoms with van der Waals surface area (Å²) >= 11 is 3.28. The van der Waals surface area contributed by atoms with E-state index in [4.69, 9.17) is 0 Å². The minimum absolute atomic E-state index is 0.0642. The smallest absolute Gasteiger partial charge is 0.280 e. The Morgan fingerprint density at radius 2 is 2.14 bits per heavy atom. The van der Waals surface area contributed by atoms with E-state index in [1.54, 1.807) is 22.7 Å². The van der Waals surface area contributed by atoms with Gasteiger partial charge in [0.1, 0.15) is 17.1 Å². The number of anilines is 1. The molecule has 3 aromatic rings. The van der Waals surface area contributed by atoms with Crippen molar-refractivity contribution < 1.29 is 10.1 Å². The number of thiophene rings is 2. The summed E-state index contributed by atoms with van der Waals surface area (Å²) in [5, 5.41) is 17.5. The van der Waals surface area contributed by atoms with Gasteiger partial charge in [0.15, 0.2) is 6.54 Å². The van der Waals surface area contributed by atoms with Crippen molar-refractivity contribution in [1.82, 2.24) is 0 Å². The summed E-state index contributed by atoms with van der Waals surface area (Å²) in [7, 11) is 0. The number of carbonyl (C=O) groups is 1. The Kier molecular flexibility index (Phi) is 6.10. The maximum absolute atomic E-state index is 12.7. The quantitative estimate of drug-likeness (QED) is 0.628. The van der Waals surface area contributed by atoms with Crippen LogP contribution in [0.1, 0.15) is 45.8 Å². The van der Waals surface area contributed by atoms with Crippen LogP contribution in [-0.2, 0) is 17.6 Å². The number of hydrogen-bond acceptors (Lipinski definition) is 4. The Morgan fingerprint density at radius 3 is 2.86 bits per heavy atom. The van der Waals surface area contributed by atoms with Crippen LogP contribution in [0.15, 0.2) is 47.8 Å². The fourth-order valence-corrected chi connectivity index (χ4v) is 6.13. The number of fused-ring (bicyclic) bond motifs is 1. The first kappa shape index (κ1) is 19.8. The number of benzene rings is 1. The molecule has 3 N–H and O–H groups in total. The minimum atomic E-state index is -0.0642. The normalized spacial score (nSPS) is 16.6.